The molecular formula is C11H13BrF2NO4P. The predicted octanol–water partition coefficient (Wildman–Crippen LogP) is 2.13. The first-order valence-electron chi connectivity index (χ1n) is 5.45. The lowest BCUT2D eigenvalue weighted by atomic mass is 10.0. The molecule has 0 saturated heterocycles. The smallest absolute Gasteiger partial charge is 0.321 e. The fourth-order valence-electron chi connectivity index (χ4n) is 1.48. The van der Waals surface area contributed by atoms with Gasteiger partial charge in [0, 0.05) is 10.0 Å². The average Bonchev–Trinajstić information content (AvgIpc) is 2.26. The van der Waals surface area contributed by atoms with Crippen molar-refractivity contribution in [2.24, 2.45) is 5.73 Å². The van der Waals surface area contributed by atoms with E-state index < -0.39 is 24.9 Å². The first kappa shape index (κ1) is 17.4. The maximum absolute atomic E-state index is 13.6. The number of nitrogens with two attached hydrogens (primary N) is 1. The van der Waals surface area contributed by atoms with Crippen LogP contribution in [-0.4, -0.2) is 21.6 Å². The number of carbonyl (C=O) groups is 1. The summed E-state index contributed by atoms with van der Waals surface area (Å²) in [4.78, 5) is 28.4. The molecule has 0 aliphatic rings. The third-order valence-electron chi connectivity index (χ3n) is 2.70. The second kappa shape index (κ2) is 5.99. The van der Waals surface area contributed by atoms with Crippen LogP contribution in [0, 0.1) is 0 Å². The van der Waals surface area contributed by atoms with Gasteiger partial charge in [-0.05, 0) is 25.0 Å². The van der Waals surface area contributed by atoms with Crippen molar-refractivity contribution in [2.75, 3.05) is 0 Å². The van der Waals surface area contributed by atoms with E-state index in [0.717, 1.165) is 6.07 Å². The molecule has 20 heavy (non-hydrogen) atoms. The highest BCUT2D eigenvalue weighted by molar-refractivity contribution is 9.10. The summed E-state index contributed by atoms with van der Waals surface area (Å²) in [6, 6.07) is 2.68. The van der Waals surface area contributed by atoms with Crippen molar-refractivity contribution >= 4 is 29.3 Å². The molecule has 0 fully saturated rings. The van der Waals surface area contributed by atoms with Gasteiger partial charge >= 0.3 is 13.3 Å². The maximum atomic E-state index is 13.6. The van der Waals surface area contributed by atoms with Crippen LogP contribution in [0.15, 0.2) is 22.7 Å². The van der Waals surface area contributed by atoms with Crippen LogP contribution in [0.5, 0.6) is 0 Å². The van der Waals surface area contributed by atoms with Crippen LogP contribution in [0.2, 0.25) is 0 Å². The van der Waals surface area contributed by atoms with Crippen LogP contribution >= 0.6 is 23.5 Å². The first-order valence-corrected chi connectivity index (χ1v) is 7.85. The molecule has 0 amide bonds. The first-order chi connectivity index (χ1) is 8.96. The normalized spacial score (nSPS) is 14.2. The largest absolute Gasteiger partial charge is 0.399 e. The number of hydrogen-bond acceptors (Lipinski definition) is 3. The molecule has 5 nitrogen and oxygen atoms in total. The number of rotatable bonds is 5. The summed E-state index contributed by atoms with van der Waals surface area (Å²) in [7, 11) is -5.62. The van der Waals surface area contributed by atoms with Crippen molar-refractivity contribution in [3.05, 3.63) is 33.8 Å². The Labute approximate surface area is 122 Å². The molecule has 0 aliphatic heterocycles. The van der Waals surface area contributed by atoms with Gasteiger partial charge in [0.15, 0.2) is 0 Å². The van der Waals surface area contributed by atoms with Gasteiger partial charge in [-0.25, -0.2) is 0 Å². The van der Waals surface area contributed by atoms with Gasteiger partial charge in [0.05, 0.1) is 6.04 Å². The predicted molar refractivity (Wildman–Crippen MR) is 72.4 cm³/mol. The fourth-order valence-corrected chi connectivity index (χ4v) is 2.82. The van der Waals surface area contributed by atoms with Gasteiger partial charge in [-0.3, -0.25) is 9.36 Å². The zero-order valence-electron chi connectivity index (χ0n) is 10.4. The van der Waals surface area contributed by atoms with Crippen LogP contribution in [0.3, 0.4) is 0 Å². The van der Waals surface area contributed by atoms with E-state index in [4.69, 9.17) is 15.5 Å². The Hall–Kier alpha value is -0.660. The van der Waals surface area contributed by atoms with Crippen molar-refractivity contribution < 1.29 is 27.9 Å². The van der Waals surface area contributed by atoms with E-state index in [1.165, 1.54) is 19.1 Å². The summed E-state index contributed by atoms with van der Waals surface area (Å²) < 4.78 is 37.8. The standard InChI is InChI=1S/C11H13BrF2NO4P/c1-6(16)10(15)5-7-2-3-8(9(12)4-7)11(13,14)20(17,18)19/h2-4,10H,5,15H2,1H3,(H2,17,18,19). The van der Waals surface area contributed by atoms with Crippen molar-refractivity contribution in [1.82, 2.24) is 0 Å². The van der Waals surface area contributed by atoms with Gasteiger partial charge in [0.25, 0.3) is 0 Å². The van der Waals surface area contributed by atoms with Crippen LogP contribution in [-0.2, 0) is 21.4 Å². The Morgan fingerprint density at radius 1 is 1.50 bits per heavy atom. The molecule has 9 heteroatoms. The summed E-state index contributed by atoms with van der Waals surface area (Å²) in [5.41, 5.74) is 0.960. The summed E-state index contributed by atoms with van der Waals surface area (Å²) in [5.74, 6) is -0.245. The van der Waals surface area contributed by atoms with E-state index in [1.54, 1.807) is 0 Å². The minimum atomic E-state index is -5.62. The van der Waals surface area contributed by atoms with E-state index in [-0.39, 0.29) is 16.7 Å². The van der Waals surface area contributed by atoms with Crippen LogP contribution in [0.1, 0.15) is 18.1 Å². The highest BCUT2D eigenvalue weighted by atomic mass is 79.9. The maximum Gasteiger partial charge on any atom is 0.399 e. The van der Waals surface area contributed by atoms with Gasteiger partial charge in [-0.2, -0.15) is 8.78 Å². The van der Waals surface area contributed by atoms with E-state index in [9.17, 15) is 18.1 Å². The molecule has 4 N–H and O–H groups in total. The van der Waals surface area contributed by atoms with Gasteiger partial charge < -0.3 is 15.5 Å². The minimum Gasteiger partial charge on any atom is -0.321 e. The molecule has 1 rings (SSSR count). The number of hydrogen-bond donors (Lipinski definition) is 3. The molecule has 0 spiro atoms. The third-order valence-corrected chi connectivity index (χ3v) is 4.33. The second-order valence-electron chi connectivity index (χ2n) is 4.32. The number of Topliss-reactive ketones (excluding diaryl/α,β-unsaturated/α-hetero) is 1. The van der Waals surface area contributed by atoms with Crippen LogP contribution < -0.4 is 5.73 Å². The molecule has 0 saturated carbocycles. The summed E-state index contributed by atoms with van der Waals surface area (Å²) in [6.45, 7) is 1.32. The Kier molecular flexibility index (Phi) is 5.21. The summed E-state index contributed by atoms with van der Waals surface area (Å²) >= 11 is 2.85. The lowest BCUT2D eigenvalue weighted by Gasteiger charge is -2.20. The Morgan fingerprint density at radius 3 is 2.45 bits per heavy atom. The molecule has 0 bridgehead atoms. The summed E-state index contributed by atoms with van der Waals surface area (Å²) in [6.07, 6.45) is 0.149. The van der Waals surface area contributed by atoms with Crippen LogP contribution in [0.25, 0.3) is 0 Å². The average molecular weight is 372 g/mol. The van der Waals surface area contributed by atoms with E-state index >= 15 is 0 Å². The van der Waals surface area contributed by atoms with Gasteiger partial charge in [0.1, 0.15) is 5.78 Å². The lowest BCUT2D eigenvalue weighted by Crippen LogP contribution is -2.30. The van der Waals surface area contributed by atoms with E-state index in [2.05, 4.69) is 15.9 Å². The second-order valence-corrected chi connectivity index (χ2v) is 6.82. The Bertz CT molecular complexity index is 576. The van der Waals surface area contributed by atoms with Crippen molar-refractivity contribution in [2.45, 2.75) is 25.1 Å². The van der Waals surface area contributed by atoms with Crippen molar-refractivity contribution in [3.8, 4) is 0 Å². The molecule has 1 atom stereocenters. The third kappa shape index (κ3) is 3.71. The van der Waals surface area contributed by atoms with E-state index in [1.807, 2.05) is 0 Å². The highest BCUT2D eigenvalue weighted by Gasteiger charge is 2.51. The molecule has 1 unspecified atom stereocenters. The topological polar surface area (TPSA) is 101 Å². The van der Waals surface area contributed by atoms with Gasteiger partial charge in [0.2, 0.25) is 0 Å². The Morgan fingerprint density at radius 2 is 2.05 bits per heavy atom. The molecule has 1 aromatic rings. The van der Waals surface area contributed by atoms with Crippen molar-refractivity contribution in [1.29, 1.82) is 0 Å². The number of halogens is 3. The monoisotopic (exact) mass is 371 g/mol. The fraction of sp³-hybridized carbons (Fsp3) is 0.364. The number of carbonyl (C=O) groups excluding carboxylic acids is 1. The quantitative estimate of drug-likeness (QED) is 0.688. The minimum absolute atomic E-state index is 0.149. The summed E-state index contributed by atoms with van der Waals surface area (Å²) in [5, 5.41) is 0. The molecule has 112 valence electrons. The number of benzene rings is 1. The highest BCUT2D eigenvalue weighted by Crippen LogP contribution is 2.60. The van der Waals surface area contributed by atoms with Gasteiger partial charge in [-0.15, -0.1) is 0 Å². The van der Waals surface area contributed by atoms with Gasteiger partial charge in [-0.1, -0.05) is 28.1 Å². The molecule has 1 aromatic carbocycles. The lowest BCUT2D eigenvalue weighted by molar-refractivity contribution is -0.118. The molecule has 0 aliphatic carbocycles. The van der Waals surface area contributed by atoms with Crippen LogP contribution in [0.4, 0.5) is 8.78 Å². The van der Waals surface area contributed by atoms with E-state index in [0.29, 0.717) is 5.56 Å². The zero-order chi connectivity index (χ0) is 15.7. The SMILES string of the molecule is CC(=O)C(N)Cc1ccc(C(F)(F)P(=O)(O)O)c(Br)c1. The molecular weight excluding hydrogens is 359 g/mol. The van der Waals surface area contributed by atoms with Crippen molar-refractivity contribution in [3.63, 3.8) is 0 Å². The number of ketones is 1. The Balaban J connectivity index is 3.12. The molecule has 0 heterocycles. The molecule has 0 radical (unpaired) electrons. The zero-order valence-corrected chi connectivity index (χ0v) is 12.9. The number of alkyl halides is 2. The molecule has 0 aromatic heterocycles.